The van der Waals surface area contributed by atoms with Gasteiger partial charge >= 0.3 is 0 Å². The van der Waals surface area contributed by atoms with E-state index in [1.54, 1.807) is 47.4 Å². The molecule has 10 heteroatoms. The predicted octanol–water partition coefficient (Wildman–Crippen LogP) is 4.03. The minimum Gasteiger partial charge on any atom is -0.326 e. The molecule has 4 N–H and O–H groups in total. The molecular weight excluding hydrogens is 432 g/mol. The highest BCUT2D eigenvalue weighted by Crippen LogP contribution is 2.26. The van der Waals surface area contributed by atoms with Crippen molar-refractivity contribution < 1.29 is 13.6 Å². The second-order valence-electron chi connectivity index (χ2n) is 6.43. The van der Waals surface area contributed by atoms with E-state index in [1.165, 1.54) is 0 Å². The zero-order chi connectivity index (χ0) is 21.5. The molecule has 30 heavy (non-hydrogen) atoms. The fraction of sp³-hybridized carbons (Fsp3) is 0.200. The maximum absolute atomic E-state index is 12.4. The summed E-state index contributed by atoms with van der Waals surface area (Å²) < 4.78 is 26.1. The molecule has 0 atom stereocenters. The molecule has 1 heterocycles. The molecule has 6 nitrogen and oxygen atoms in total. The lowest BCUT2D eigenvalue weighted by Crippen LogP contribution is -2.20. The summed E-state index contributed by atoms with van der Waals surface area (Å²) in [6.07, 6.45) is 1.09. The van der Waals surface area contributed by atoms with E-state index in [0.717, 1.165) is 23.1 Å². The van der Waals surface area contributed by atoms with E-state index < -0.39 is 6.43 Å². The zero-order valence-electron chi connectivity index (χ0n) is 15.8. The van der Waals surface area contributed by atoms with Crippen LogP contribution in [-0.4, -0.2) is 28.7 Å². The first kappa shape index (κ1) is 22.2. The molecule has 3 aromatic rings. The summed E-state index contributed by atoms with van der Waals surface area (Å²) >= 11 is 7.13. The number of nitrogens with zero attached hydrogens (tertiary/aromatic N) is 2. The maximum atomic E-state index is 12.4. The number of hydrogen-bond acceptors (Lipinski definition) is 5. The Morgan fingerprint density at radius 2 is 2.07 bits per heavy atom. The van der Waals surface area contributed by atoms with Crippen LogP contribution in [0.2, 0.25) is 5.02 Å². The Kier molecular flexibility index (Phi) is 7.81. The van der Waals surface area contributed by atoms with Crippen molar-refractivity contribution in [2.75, 3.05) is 11.9 Å². The Bertz CT molecular complexity index is 1010. The molecule has 3 rings (SSSR count). The molecule has 0 saturated carbocycles. The van der Waals surface area contributed by atoms with Crippen LogP contribution in [-0.2, 0) is 17.8 Å². The van der Waals surface area contributed by atoms with E-state index in [9.17, 15) is 13.6 Å². The highest BCUT2D eigenvalue weighted by Gasteiger charge is 2.11. The largest absolute Gasteiger partial charge is 0.326 e. The number of rotatable bonds is 9. The normalized spacial score (nSPS) is 11.1. The standard InChI is InChI=1S/C20H20ClF2N5OS/c21-16-4-2-1-3-14(16)7-20(29)27-15-5-6-17(18(8-15)30-24)28-12-13(10-26-28)9-25-11-19(22)23/h1-6,8,10,12,19,25H,7,9,11,24H2,(H,27,29). The Labute approximate surface area is 181 Å². The highest BCUT2D eigenvalue weighted by atomic mass is 35.5. The molecule has 2 aromatic carbocycles. The van der Waals surface area contributed by atoms with Crippen molar-refractivity contribution in [1.82, 2.24) is 15.1 Å². The van der Waals surface area contributed by atoms with Crippen LogP contribution in [0.4, 0.5) is 14.5 Å². The van der Waals surface area contributed by atoms with E-state index in [1.807, 2.05) is 12.1 Å². The molecule has 0 aliphatic heterocycles. The van der Waals surface area contributed by atoms with E-state index in [0.29, 0.717) is 21.3 Å². The van der Waals surface area contributed by atoms with Gasteiger partial charge in [0, 0.05) is 29.0 Å². The monoisotopic (exact) mass is 451 g/mol. The first-order valence-corrected chi connectivity index (χ1v) is 10.3. The van der Waals surface area contributed by atoms with Gasteiger partial charge in [-0.3, -0.25) is 9.93 Å². The highest BCUT2D eigenvalue weighted by molar-refractivity contribution is 7.97. The van der Waals surface area contributed by atoms with Gasteiger partial charge in [0.25, 0.3) is 6.43 Å². The topological polar surface area (TPSA) is 85.0 Å². The summed E-state index contributed by atoms with van der Waals surface area (Å²) in [6.45, 7) is -0.0940. The smallest absolute Gasteiger partial charge is 0.250 e. The Hall–Kier alpha value is -2.46. The molecule has 158 valence electrons. The van der Waals surface area contributed by atoms with Gasteiger partial charge in [-0.1, -0.05) is 29.8 Å². The molecule has 1 amide bonds. The van der Waals surface area contributed by atoms with E-state index in [-0.39, 0.29) is 25.4 Å². The SMILES string of the molecule is NSc1cc(NC(=O)Cc2ccccc2Cl)ccc1-n1cc(CNCC(F)F)cn1. The number of amides is 1. The lowest BCUT2D eigenvalue weighted by molar-refractivity contribution is -0.115. The van der Waals surface area contributed by atoms with Crippen LogP contribution in [0, 0.1) is 0 Å². The number of carbonyl (C=O) groups is 1. The fourth-order valence-electron chi connectivity index (χ4n) is 2.80. The second kappa shape index (κ2) is 10.5. The Morgan fingerprint density at radius 3 is 2.80 bits per heavy atom. The van der Waals surface area contributed by atoms with Crippen LogP contribution in [0.15, 0.2) is 59.8 Å². The Balaban J connectivity index is 1.68. The second-order valence-corrected chi connectivity index (χ2v) is 7.51. The number of carbonyl (C=O) groups excluding carboxylic acids is 1. The van der Waals surface area contributed by atoms with Gasteiger partial charge in [0.15, 0.2) is 0 Å². The number of hydrogen-bond donors (Lipinski definition) is 3. The van der Waals surface area contributed by atoms with Crippen molar-refractivity contribution >= 4 is 35.1 Å². The van der Waals surface area contributed by atoms with Gasteiger partial charge in [0.05, 0.1) is 29.7 Å². The van der Waals surface area contributed by atoms with E-state index in [2.05, 4.69) is 15.7 Å². The average molecular weight is 452 g/mol. The van der Waals surface area contributed by atoms with Crippen LogP contribution in [0.3, 0.4) is 0 Å². The van der Waals surface area contributed by atoms with Gasteiger partial charge in [0.1, 0.15) is 0 Å². The van der Waals surface area contributed by atoms with Crippen LogP contribution >= 0.6 is 23.5 Å². The van der Waals surface area contributed by atoms with Gasteiger partial charge in [-0.25, -0.2) is 13.5 Å². The molecular formula is C20H20ClF2N5OS. The third-order valence-corrected chi connectivity index (χ3v) is 5.14. The summed E-state index contributed by atoms with van der Waals surface area (Å²) in [5, 5.41) is 16.1. The molecule has 0 fully saturated rings. The van der Waals surface area contributed by atoms with Gasteiger partial charge < -0.3 is 10.6 Å². The minimum atomic E-state index is -2.40. The van der Waals surface area contributed by atoms with Crippen molar-refractivity contribution in [1.29, 1.82) is 0 Å². The molecule has 0 aliphatic rings. The van der Waals surface area contributed by atoms with Crippen molar-refractivity contribution in [2.24, 2.45) is 5.14 Å². The van der Waals surface area contributed by atoms with Gasteiger partial charge in [-0.05, 0) is 41.8 Å². The number of benzene rings is 2. The molecule has 0 spiro atoms. The van der Waals surface area contributed by atoms with Crippen LogP contribution < -0.4 is 15.8 Å². The maximum Gasteiger partial charge on any atom is 0.250 e. The fourth-order valence-corrected chi connectivity index (χ4v) is 3.48. The number of nitrogens with one attached hydrogen (secondary N) is 2. The first-order valence-electron chi connectivity index (χ1n) is 9.03. The number of aromatic nitrogens is 2. The first-order chi connectivity index (χ1) is 14.5. The van der Waals surface area contributed by atoms with Gasteiger partial charge in [-0.2, -0.15) is 5.10 Å². The van der Waals surface area contributed by atoms with Crippen molar-refractivity contribution in [3.63, 3.8) is 0 Å². The predicted molar refractivity (Wildman–Crippen MR) is 115 cm³/mol. The summed E-state index contributed by atoms with van der Waals surface area (Å²) in [6, 6.07) is 12.5. The molecule has 0 saturated heterocycles. The quantitative estimate of drug-likeness (QED) is 0.428. The lowest BCUT2D eigenvalue weighted by atomic mass is 10.1. The third kappa shape index (κ3) is 6.02. The summed E-state index contributed by atoms with van der Waals surface area (Å²) in [5.41, 5.74) is 2.81. The molecule has 0 unspecified atom stereocenters. The van der Waals surface area contributed by atoms with Crippen molar-refractivity contribution in [3.05, 3.63) is 71.0 Å². The third-order valence-electron chi connectivity index (χ3n) is 4.19. The lowest BCUT2D eigenvalue weighted by Gasteiger charge is -2.11. The Morgan fingerprint density at radius 1 is 1.27 bits per heavy atom. The van der Waals surface area contributed by atoms with E-state index in [4.69, 9.17) is 16.7 Å². The summed E-state index contributed by atoms with van der Waals surface area (Å²) in [4.78, 5) is 13.0. The van der Waals surface area contributed by atoms with E-state index >= 15 is 0 Å². The number of halogens is 3. The molecule has 0 aliphatic carbocycles. The number of alkyl halides is 2. The average Bonchev–Trinajstić information content (AvgIpc) is 3.18. The number of nitrogens with two attached hydrogens (primary N) is 1. The molecule has 0 radical (unpaired) electrons. The van der Waals surface area contributed by atoms with Crippen molar-refractivity contribution in [3.8, 4) is 5.69 Å². The number of anilines is 1. The minimum absolute atomic E-state index is 0.153. The molecule has 1 aromatic heterocycles. The van der Waals surface area contributed by atoms with Crippen molar-refractivity contribution in [2.45, 2.75) is 24.3 Å². The van der Waals surface area contributed by atoms with Crippen LogP contribution in [0.5, 0.6) is 0 Å². The van der Waals surface area contributed by atoms with Gasteiger partial charge in [0.2, 0.25) is 5.91 Å². The zero-order valence-corrected chi connectivity index (χ0v) is 17.4. The van der Waals surface area contributed by atoms with Gasteiger partial charge in [-0.15, -0.1) is 0 Å². The summed E-state index contributed by atoms with van der Waals surface area (Å²) in [5.74, 6) is -0.199. The van der Waals surface area contributed by atoms with Crippen LogP contribution in [0.25, 0.3) is 5.69 Å². The molecule has 0 bridgehead atoms. The summed E-state index contributed by atoms with van der Waals surface area (Å²) in [7, 11) is 0. The van der Waals surface area contributed by atoms with Crippen LogP contribution in [0.1, 0.15) is 11.1 Å².